The summed E-state index contributed by atoms with van der Waals surface area (Å²) in [5, 5.41) is 0. The highest BCUT2D eigenvalue weighted by Gasteiger charge is 2.27. The number of anilines is 1. The highest BCUT2D eigenvalue weighted by molar-refractivity contribution is 5.99. The molecule has 2 N–H and O–H groups in total. The van der Waals surface area contributed by atoms with Gasteiger partial charge in [-0.15, -0.1) is 12.4 Å². The number of nitrogen functional groups attached to an aromatic ring is 1. The summed E-state index contributed by atoms with van der Waals surface area (Å²) in [5.41, 5.74) is 6.98. The predicted molar refractivity (Wildman–Crippen MR) is 84.8 cm³/mol. The number of carbonyl (C=O) groups excluding carboxylic acids is 1. The third-order valence-electron chi connectivity index (χ3n) is 3.55. The van der Waals surface area contributed by atoms with Crippen LogP contribution in [-0.2, 0) is 9.47 Å². The fraction of sp³-hybridized carbons (Fsp3) is 0.533. The third kappa shape index (κ3) is 4.88. The topological polar surface area (TPSA) is 64.8 Å². The van der Waals surface area contributed by atoms with E-state index in [1.165, 1.54) is 0 Å². The van der Waals surface area contributed by atoms with Crippen LogP contribution in [0.2, 0.25) is 0 Å². The van der Waals surface area contributed by atoms with Crippen LogP contribution in [0, 0.1) is 5.92 Å². The Morgan fingerprint density at radius 2 is 2.14 bits per heavy atom. The van der Waals surface area contributed by atoms with Gasteiger partial charge in [0.1, 0.15) is 0 Å². The standard InChI is InChI=1S/C15H22N2O3.ClH/c1-19-8-9-20-11-12-6-7-17(10-12)15(18)13-4-2-3-5-14(13)16;/h2-5,12H,6-11,16H2,1H3;1H. The molecule has 1 aliphatic rings. The normalized spacial score (nSPS) is 17.6. The van der Waals surface area contributed by atoms with E-state index >= 15 is 0 Å². The van der Waals surface area contributed by atoms with Gasteiger partial charge in [0.25, 0.3) is 5.91 Å². The monoisotopic (exact) mass is 314 g/mol. The smallest absolute Gasteiger partial charge is 0.255 e. The van der Waals surface area contributed by atoms with Crippen molar-refractivity contribution in [2.24, 2.45) is 5.92 Å². The summed E-state index contributed by atoms with van der Waals surface area (Å²) in [5.74, 6) is 0.420. The molecule has 21 heavy (non-hydrogen) atoms. The number of likely N-dealkylation sites (tertiary alicyclic amines) is 1. The number of carbonyl (C=O) groups is 1. The van der Waals surface area contributed by atoms with Crippen LogP contribution in [0.1, 0.15) is 16.8 Å². The van der Waals surface area contributed by atoms with Crippen LogP contribution in [0.4, 0.5) is 5.69 Å². The summed E-state index contributed by atoms with van der Waals surface area (Å²) in [7, 11) is 1.66. The first kappa shape index (κ1) is 17.8. The number of para-hydroxylation sites is 1. The molecule has 1 heterocycles. The van der Waals surface area contributed by atoms with Gasteiger partial charge in [-0.1, -0.05) is 12.1 Å². The maximum atomic E-state index is 12.4. The molecule has 1 saturated heterocycles. The van der Waals surface area contributed by atoms with E-state index in [4.69, 9.17) is 15.2 Å². The number of benzene rings is 1. The van der Waals surface area contributed by atoms with Crippen LogP contribution in [-0.4, -0.2) is 50.8 Å². The van der Waals surface area contributed by atoms with Gasteiger partial charge in [-0.3, -0.25) is 4.79 Å². The Bertz CT molecular complexity index is 456. The fourth-order valence-electron chi connectivity index (χ4n) is 2.41. The van der Waals surface area contributed by atoms with E-state index in [1.54, 1.807) is 19.2 Å². The molecule has 0 aliphatic carbocycles. The minimum Gasteiger partial charge on any atom is -0.398 e. The zero-order valence-electron chi connectivity index (χ0n) is 12.3. The second kappa shape index (κ2) is 8.87. The summed E-state index contributed by atoms with van der Waals surface area (Å²) in [6.07, 6.45) is 0.978. The van der Waals surface area contributed by atoms with Gasteiger partial charge in [-0.2, -0.15) is 0 Å². The maximum absolute atomic E-state index is 12.4. The first-order chi connectivity index (χ1) is 9.72. The van der Waals surface area contributed by atoms with Gasteiger partial charge < -0.3 is 20.1 Å². The van der Waals surface area contributed by atoms with E-state index in [0.29, 0.717) is 37.0 Å². The van der Waals surface area contributed by atoms with Crippen LogP contribution in [0.3, 0.4) is 0 Å². The van der Waals surface area contributed by atoms with Crippen molar-refractivity contribution in [3.63, 3.8) is 0 Å². The lowest BCUT2D eigenvalue weighted by Gasteiger charge is -2.17. The molecule has 2 rings (SSSR count). The highest BCUT2D eigenvalue weighted by Crippen LogP contribution is 2.21. The first-order valence-corrected chi connectivity index (χ1v) is 6.93. The number of methoxy groups -OCH3 is 1. The van der Waals surface area contributed by atoms with E-state index in [2.05, 4.69) is 0 Å². The number of hydrogen-bond acceptors (Lipinski definition) is 4. The molecule has 0 spiro atoms. The predicted octanol–water partition coefficient (Wildman–Crippen LogP) is 1.82. The molecular weight excluding hydrogens is 292 g/mol. The number of nitrogens with two attached hydrogens (primary N) is 1. The van der Waals surface area contributed by atoms with Crippen LogP contribution in [0.15, 0.2) is 24.3 Å². The van der Waals surface area contributed by atoms with Crippen LogP contribution < -0.4 is 5.73 Å². The summed E-state index contributed by atoms with van der Waals surface area (Å²) in [6.45, 7) is 3.39. The van der Waals surface area contributed by atoms with Crippen molar-refractivity contribution in [2.45, 2.75) is 6.42 Å². The summed E-state index contributed by atoms with van der Waals surface area (Å²) < 4.78 is 10.5. The molecule has 118 valence electrons. The first-order valence-electron chi connectivity index (χ1n) is 6.93. The Kier molecular flexibility index (Phi) is 7.50. The number of amides is 1. The Labute approximate surface area is 131 Å². The Hall–Kier alpha value is -1.30. The lowest BCUT2D eigenvalue weighted by molar-refractivity contribution is 0.0515. The molecule has 1 atom stereocenters. The molecule has 0 radical (unpaired) electrons. The van der Waals surface area contributed by atoms with Crippen molar-refractivity contribution in [1.82, 2.24) is 4.90 Å². The minimum absolute atomic E-state index is 0. The van der Waals surface area contributed by atoms with Crippen molar-refractivity contribution in [2.75, 3.05) is 45.8 Å². The Morgan fingerprint density at radius 1 is 1.38 bits per heavy atom. The van der Waals surface area contributed by atoms with E-state index in [1.807, 2.05) is 17.0 Å². The zero-order valence-corrected chi connectivity index (χ0v) is 13.1. The molecule has 1 aliphatic heterocycles. The summed E-state index contributed by atoms with van der Waals surface area (Å²) >= 11 is 0. The average molecular weight is 315 g/mol. The quantitative estimate of drug-likeness (QED) is 0.642. The van der Waals surface area contributed by atoms with Crippen molar-refractivity contribution >= 4 is 24.0 Å². The summed E-state index contributed by atoms with van der Waals surface area (Å²) in [4.78, 5) is 14.2. The third-order valence-corrected chi connectivity index (χ3v) is 3.55. The van der Waals surface area contributed by atoms with Crippen LogP contribution >= 0.6 is 12.4 Å². The lowest BCUT2D eigenvalue weighted by atomic mass is 10.1. The van der Waals surface area contributed by atoms with E-state index in [0.717, 1.165) is 19.5 Å². The molecule has 6 heteroatoms. The van der Waals surface area contributed by atoms with Gasteiger partial charge in [0.05, 0.1) is 25.4 Å². The van der Waals surface area contributed by atoms with Gasteiger partial charge in [0, 0.05) is 31.8 Å². The second-order valence-corrected chi connectivity index (χ2v) is 5.06. The summed E-state index contributed by atoms with van der Waals surface area (Å²) in [6, 6.07) is 7.21. The molecule has 1 aromatic carbocycles. The maximum Gasteiger partial charge on any atom is 0.255 e. The molecule has 0 aromatic heterocycles. The molecule has 0 bridgehead atoms. The highest BCUT2D eigenvalue weighted by atomic mass is 35.5. The Balaban J connectivity index is 0.00000220. The second-order valence-electron chi connectivity index (χ2n) is 5.06. The van der Waals surface area contributed by atoms with Gasteiger partial charge in [0.15, 0.2) is 0 Å². The molecule has 1 amide bonds. The molecule has 1 aromatic rings. The Morgan fingerprint density at radius 3 is 2.86 bits per heavy atom. The van der Waals surface area contributed by atoms with Gasteiger partial charge >= 0.3 is 0 Å². The van der Waals surface area contributed by atoms with Gasteiger partial charge in [-0.25, -0.2) is 0 Å². The average Bonchev–Trinajstić information content (AvgIpc) is 2.92. The van der Waals surface area contributed by atoms with Crippen molar-refractivity contribution in [3.05, 3.63) is 29.8 Å². The zero-order chi connectivity index (χ0) is 14.4. The number of ether oxygens (including phenoxy) is 2. The van der Waals surface area contributed by atoms with Crippen molar-refractivity contribution in [1.29, 1.82) is 0 Å². The van der Waals surface area contributed by atoms with Gasteiger partial charge in [0.2, 0.25) is 0 Å². The fourth-order valence-corrected chi connectivity index (χ4v) is 2.41. The molecule has 1 unspecified atom stereocenters. The number of nitrogens with zero attached hydrogens (tertiary/aromatic N) is 1. The van der Waals surface area contributed by atoms with E-state index in [9.17, 15) is 4.79 Å². The molecular formula is C15H23ClN2O3. The van der Waals surface area contributed by atoms with E-state index < -0.39 is 0 Å². The van der Waals surface area contributed by atoms with Crippen LogP contribution in [0.25, 0.3) is 0 Å². The SMILES string of the molecule is COCCOCC1CCN(C(=O)c2ccccc2N)C1.Cl. The van der Waals surface area contributed by atoms with Crippen LogP contribution in [0.5, 0.6) is 0 Å². The van der Waals surface area contributed by atoms with Crippen molar-refractivity contribution < 1.29 is 14.3 Å². The molecule has 0 saturated carbocycles. The van der Waals surface area contributed by atoms with Crippen molar-refractivity contribution in [3.8, 4) is 0 Å². The number of rotatable bonds is 6. The molecule has 1 fully saturated rings. The van der Waals surface area contributed by atoms with Gasteiger partial charge in [-0.05, 0) is 18.6 Å². The largest absolute Gasteiger partial charge is 0.398 e. The number of halogens is 1. The lowest BCUT2D eigenvalue weighted by Crippen LogP contribution is -2.30. The van der Waals surface area contributed by atoms with E-state index in [-0.39, 0.29) is 18.3 Å². The molecule has 5 nitrogen and oxygen atoms in total. The number of hydrogen-bond donors (Lipinski definition) is 1. The minimum atomic E-state index is 0.